The van der Waals surface area contributed by atoms with Crippen molar-refractivity contribution in [2.75, 3.05) is 0 Å². The minimum Gasteiger partial charge on any atom is -0.425 e. The third kappa shape index (κ3) is 4.81. The van der Waals surface area contributed by atoms with E-state index in [1.807, 2.05) is 26.0 Å². The van der Waals surface area contributed by atoms with Gasteiger partial charge in [0.2, 0.25) is 10.0 Å². The van der Waals surface area contributed by atoms with Gasteiger partial charge in [0.25, 0.3) is 0 Å². The molecule has 0 saturated heterocycles. The zero-order valence-electron chi connectivity index (χ0n) is 18.2. The number of benzene rings is 3. The largest absolute Gasteiger partial charge is 0.425 e. The number of hydrogen-bond donors (Lipinski definition) is 1. The number of ether oxygens (including phenoxy) is 1. The topological polar surface area (TPSA) is 103 Å². The van der Waals surface area contributed by atoms with Crippen LogP contribution in [0.3, 0.4) is 0 Å². The van der Waals surface area contributed by atoms with Crippen molar-refractivity contribution >= 4 is 37.7 Å². The first-order chi connectivity index (χ1) is 15.8. The summed E-state index contributed by atoms with van der Waals surface area (Å²) >= 11 is 0. The molecule has 0 bridgehead atoms. The number of carbonyl (C=O) groups is 1. The van der Waals surface area contributed by atoms with Gasteiger partial charge in [0, 0.05) is 11.5 Å². The van der Waals surface area contributed by atoms with Crippen LogP contribution in [0.25, 0.3) is 21.7 Å². The Morgan fingerprint density at radius 1 is 1.00 bits per heavy atom. The molecule has 7 nitrogen and oxygen atoms in total. The average molecular weight is 466 g/mol. The van der Waals surface area contributed by atoms with Crippen molar-refractivity contribution in [3.8, 4) is 5.75 Å². The molecule has 1 N–H and O–H groups in total. The number of nitrogens with one attached hydrogen (secondary N) is 1. The first-order valence-electron chi connectivity index (χ1n) is 10.5. The van der Waals surface area contributed by atoms with Gasteiger partial charge in [0.05, 0.1) is 10.3 Å². The molecule has 1 atom stereocenters. The Kier molecular flexibility index (Phi) is 6.31. The summed E-state index contributed by atoms with van der Waals surface area (Å²) in [6, 6.07) is 17.1. The molecule has 0 aliphatic rings. The number of aryl methyl sites for hydroxylation is 1. The number of fused-ring (bicyclic) bond motifs is 3. The van der Waals surface area contributed by atoms with E-state index < -0.39 is 27.7 Å². The maximum Gasteiger partial charge on any atom is 0.344 e. The Bertz CT molecular complexity index is 1490. The van der Waals surface area contributed by atoms with Crippen LogP contribution < -0.4 is 15.1 Å². The lowest BCUT2D eigenvalue weighted by Crippen LogP contribution is -2.42. The molecular formula is C25H23NO6S. The molecule has 0 spiro atoms. The van der Waals surface area contributed by atoms with Crippen LogP contribution in [0.2, 0.25) is 0 Å². The SMILES string of the molecule is CCCC(NS(=O)(=O)c1ccc(C)cc1)C(=O)Oc1ccc2c(c1)oc(=O)c1ccccc12. The van der Waals surface area contributed by atoms with Crippen LogP contribution >= 0.6 is 0 Å². The lowest BCUT2D eigenvalue weighted by atomic mass is 10.1. The van der Waals surface area contributed by atoms with Gasteiger partial charge in [-0.15, -0.1) is 0 Å². The van der Waals surface area contributed by atoms with Gasteiger partial charge in [-0.05, 0) is 49.1 Å². The molecule has 0 amide bonds. The monoisotopic (exact) mass is 465 g/mol. The van der Waals surface area contributed by atoms with E-state index >= 15 is 0 Å². The Labute approximate surface area is 191 Å². The number of carbonyl (C=O) groups excluding carboxylic acids is 1. The highest BCUT2D eigenvalue weighted by Crippen LogP contribution is 2.26. The molecule has 3 aromatic carbocycles. The van der Waals surface area contributed by atoms with Gasteiger partial charge in [0.15, 0.2) is 0 Å². The lowest BCUT2D eigenvalue weighted by Gasteiger charge is -2.17. The highest BCUT2D eigenvalue weighted by atomic mass is 32.2. The van der Waals surface area contributed by atoms with E-state index in [1.165, 1.54) is 18.2 Å². The van der Waals surface area contributed by atoms with E-state index in [-0.39, 0.29) is 22.6 Å². The molecule has 0 fully saturated rings. The first kappa shape index (κ1) is 22.7. The maximum atomic E-state index is 12.8. The van der Waals surface area contributed by atoms with Crippen LogP contribution in [0.5, 0.6) is 5.75 Å². The zero-order chi connectivity index (χ0) is 23.6. The fourth-order valence-electron chi connectivity index (χ4n) is 3.60. The molecule has 4 aromatic rings. The summed E-state index contributed by atoms with van der Waals surface area (Å²) in [4.78, 5) is 25.2. The van der Waals surface area contributed by atoms with Crippen molar-refractivity contribution in [2.24, 2.45) is 0 Å². The molecule has 0 aliphatic heterocycles. The lowest BCUT2D eigenvalue weighted by molar-refractivity contribution is -0.136. The van der Waals surface area contributed by atoms with Crippen molar-refractivity contribution in [1.82, 2.24) is 4.72 Å². The highest BCUT2D eigenvalue weighted by Gasteiger charge is 2.27. The van der Waals surface area contributed by atoms with Crippen LogP contribution in [0.1, 0.15) is 25.3 Å². The van der Waals surface area contributed by atoms with Crippen LogP contribution in [0, 0.1) is 6.92 Å². The van der Waals surface area contributed by atoms with Crippen molar-refractivity contribution in [3.63, 3.8) is 0 Å². The number of rotatable bonds is 7. The quantitative estimate of drug-likeness (QED) is 0.189. The van der Waals surface area contributed by atoms with Crippen LogP contribution in [0.15, 0.2) is 80.8 Å². The van der Waals surface area contributed by atoms with E-state index in [9.17, 15) is 18.0 Å². The normalized spacial score (nSPS) is 12.7. The predicted molar refractivity (Wildman–Crippen MR) is 126 cm³/mol. The molecule has 1 aromatic heterocycles. The van der Waals surface area contributed by atoms with Gasteiger partial charge in [-0.2, -0.15) is 4.72 Å². The molecular weight excluding hydrogens is 442 g/mol. The summed E-state index contributed by atoms with van der Waals surface area (Å²) in [5, 5.41) is 1.90. The fraction of sp³-hybridized carbons (Fsp3) is 0.200. The van der Waals surface area contributed by atoms with Gasteiger partial charge < -0.3 is 9.15 Å². The molecule has 33 heavy (non-hydrogen) atoms. The maximum absolute atomic E-state index is 12.8. The fourth-order valence-corrected chi connectivity index (χ4v) is 4.82. The molecule has 8 heteroatoms. The first-order valence-corrected chi connectivity index (χ1v) is 12.0. The molecule has 170 valence electrons. The minimum absolute atomic E-state index is 0.0707. The standard InChI is InChI=1S/C25H23NO6S/c1-3-6-22(26-33(29,30)18-12-9-16(2)10-13-18)25(28)31-17-11-14-20-19-7-4-5-8-21(19)24(27)32-23(20)15-17/h4-5,7-15,22,26H,3,6H2,1-2H3. The summed E-state index contributed by atoms with van der Waals surface area (Å²) < 4.78 is 38.8. The minimum atomic E-state index is -3.91. The predicted octanol–water partition coefficient (Wildman–Crippen LogP) is 4.31. The second kappa shape index (κ2) is 9.17. The second-order valence-electron chi connectivity index (χ2n) is 7.79. The zero-order valence-corrected chi connectivity index (χ0v) is 19.0. The Hall–Kier alpha value is -3.49. The van der Waals surface area contributed by atoms with E-state index in [0.29, 0.717) is 17.2 Å². The molecule has 4 rings (SSSR count). The van der Waals surface area contributed by atoms with Crippen molar-refractivity contribution < 1.29 is 22.4 Å². The van der Waals surface area contributed by atoms with E-state index in [4.69, 9.17) is 9.15 Å². The second-order valence-corrected chi connectivity index (χ2v) is 9.50. The van der Waals surface area contributed by atoms with E-state index in [1.54, 1.807) is 36.4 Å². The van der Waals surface area contributed by atoms with Gasteiger partial charge in [-0.25, -0.2) is 18.0 Å². The molecule has 1 heterocycles. The summed E-state index contributed by atoms with van der Waals surface area (Å²) in [5.41, 5.74) is 0.710. The van der Waals surface area contributed by atoms with Crippen LogP contribution in [-0.4, -0.2) is 20.4 Å². The Morgan fingerprint density at radius 2 is 1.70 bits per heavy atom. The van der Waals surface area contributed by atoms with E-state index in [2.05, 4.69) is 4.72 Å². The third-order valence-corrected chi connectivity index (χ3v) is 6.79. The average Bonchev–Trinajstić information content (AvgIpc) is 2.79. The van der Waals surface area contributed by atoms with E-state index in [0.717, 1.165) is 10.9 Å². The van der Waals surface area contributed by atoms with Gasteiger partial charge in [-0.1, -0.05) is 49.2 Å². The van der Waals surface area contributed by atoms with Crippen molar-refractivity contribution in [2.45, 2.75) is 37.6 Å². The Balaban J connectivity index is 1.60. The number of hydrogen-bond acceptors (Lipinski definition) is 6. The molecule has 1 unspecified atom stereocenters. The summed E-state index contributed by atoms with van der Waals surface area (Å²) in [6.07, 6.45) is 0.825. The van der Waals surface area contributed by atoms with Crippen molar-refractivity contribution in [1.29, 1.82) is 0 Å². The smallest absolute Gasteiger partial charge is 0.344 e. The number of sulfonamides is 1. The van der Waals surface area contributed by atoms with Crippen molar-refractivity contribution in [3.05, 3.63) is 82.7 Å². The molecule has 0 aliphatic carbocycles. The highest BCUT2D eigenvalue weighted by molar-refractivity contribution is 7.89. The van der Waals surface area contributed by atoms with Gasteiger partial charge >= 0.3 is 11.6 Å². The molecule has 0 radical (unpaired) electrons. The Morgan fingerprint density at radius 3 is 2.39 bits per heavy atom. The van der Waals surface area contributed by atoms with Gasteiger partial charge in [-0.3, -0.25) is 0 Å². The third-order valence-electron chi connectivity index (χ3n) is 5.30. The van der Waals surface area contributed by atoms with Gasteiger partial charge in [0.1, 0.15) is 17.4 Å². The van der Waals surface area contributed by atoms with Crippen LogP contribution in [0.4, 0.5) is 0 Å². The number of esters is 1. The molecule has 0 saturated carbocycles. The summed E-state index contributed by atoms with van der Waals surface area (Å²) in [7, 11) is -3.91. The summed E-state index contributed by atoms with van der Waals surface area (Å²) in [6.45, 7) is 3.70. The van der Waals surface area contributed by atoms with Crippen LogP contribution in [-0.2, 0) is 14.8 Å². The summed E-state index contributed by atoms with van der Waals surface area (Å²) in [5.74, 6) is -0.586.